The standard InChI is InChI=1S/C11H13BrFNO3S/c1-8-7-17-5-4-14(8)18(15,16)9-2-3-10(12)11(13)6-9/h2-3,6,8H,4-5,7H2,1H3. The number of ether oxygens (including phenoxy) is 1. The molecule has 1 saturated heterocycles. The largest absolute Gasteiger partial charge is 0.378 e. The maximum atomic E-state index is 13.4. The number of rotatable bonds is 2. The highest BCUT2D eigenvalue weighted by molar-refractivity contribution is 9.10. The first-order chi connectivity index (χ1) is 8.43. The van der Waals surface area contributed by atoms with Crippen LogP contribution < -0.4 is 0 Å². The third kappa shape index (κ3) is 2.59. The van der Waals surface area contributed by atoms with Gasteiger partial charge < -0.3 is 4.74 Å². The maximum Gasteiger partial charge on any atom is 0.243 e. The second-order valence-electron chi connectivity index (χ2n) is 4.12. The summed E-state index contributed by atoms with van der Waals surface area (Å²) >= 11 is 3.00. The lowest BCUT2D eigenvalue weighted by Crippen LogP contribution is -2.46. The van der Waals surface area contributed by atoms with Crippen LogP contribution in [0.1, 0.15) is 6.92 Å². The van der Waals surface area contributed by atoms with E-state index in [4.69, 9.17) is 4.74 Å². The fraction of sp³-hybridized carbons (Fsp3) is 0.455. The molecule has 1 aromatic rings. The smallest absolute Gasteiger partial charge is 0.243 e. The quantitative estimate of drug-likeness (QED) is 0.829. The summed E-state index contributed by atoms with van der Waals surface area (Å²) in [6.45, 7) is 2.79. The molecule has 100 valence electrons. The molecular weight excluding hydrogens is 325 g/mol. The normalized spacial score (nSPS) is 22.1. The van der Waals surface area contributed by atoms with Crippen LogP contribution in [0.2, 0.25) is 0 Å². The molecule has 0 saturated carbocycles. The maximum absolute atomic E-state index is 13.4. The van der Waals surface area contributed by atoms with E-state index < -0.39 is 15.8 Å². The molecule has 7 heteroatoms. The molecule has 1 heterocycles. The van der Waals surface area contributed by atoms with Crippen molar-refractivity contribution < 1.29 is 17.5 Å². The number of morpholine rings is 1. The van der Waals surface area contributed by atoms with Gasteiger partial charge in [0, 0.05) is 12.6 Å². The number of hydrogen-bond acceptors (Lipinski definition) is 3. The number of sulfonamides is 1. The molecule has 2 rings (SSSR count). The average molecular weight is 338 g/mol. The van der Waals surface area contributed by atoms with Crippen molar-refractivity contribution in [1.29, 1.82) is 0 Å². The zero-order valence-corrected chi connectivity index (χ0v) is 12.2. The van der Waals surface area contributed by atoms with Crippen molar-refractivity contribution in [1.82, 2.24) is 4.31 Å². The van der Waals surface area contributed by atoms with E-state index in [0.29, 0.717) is 19.8 Å². The molecule has 0 radical (unpaired) electrons. The van der Waals surface area contributed by atoms with Gasteiger partial charge in [0.15, 0.2) is 0 Å². The molecule has 1 aromatic carbocycles. The van der Waals surface area contributed by atoms with E-state index in [1.807, 2.05) is 0 Å². The zero-order valence-electron chi connectivity index (χ0n) is 9.77. The van der Waals surface area contributed by atoms with Gasteiger partial charge in [0.25, 0.3) is 0 Å². The summed E-state index contributed by atoms with van der Waals surface area (Å²) in [6, 6.07) is 3.58. The molecule has 1 atom stereocenters. The predicted octanol–water partition coefficient (Wildman–Crippen LogP) is 2.00. The van der Waals surface area contributed by atoms with Crippen LogP contribution in [0.5, 0.6) is 0 Å². The van der Waals surface area contributed by atoms with Crippen molar-refractivity contribution in [3.63, 3.8) is 0 Å². The van der Waals surface area contributed by atoms with E-state index >= 15 is 0 Å². The Bertz CT molecular complexity index is 549. The minimum absolute atomic E-state index is 0.0306. The van der Waals surface area contributed by atoms with E-state index in [1.165, 1.54) is 16.4 Å². The Balaban J connectivity index is 2.37. The summed E-state index contributed by atoms with van der Waals surface area (Å²) < 4.78 is 44.9. The van der Waals surface area contributed by atoms with Gasteiger partial charge in [-0.2, -0.15) is 4.31 Å². The fourth-order valence-corrected chi connectivity index (χ4v) is 3.70. The van der Waals surface area contributed by atoms with Gasteiger partial charge in [-0.15, -0.1) is 0 Å². The highest BCUT2D eigenvalue weighted by Gasteiger charge is 2.31. The molecule has 4 nitrogen and oxygen atoms in total. The van der Waals surface area contributed by atoms with Crippen LogP contribution in [-0.4, -0.2) is 38.5 Å². The molecule has 0 aliphatic carbocycles. The number of hydrogen-bond donors (Lipinski definition) is 0. The van der Waals surface area contributed by atoms with E-state index in [-0.39, 0.29) is 15.4 Å². The highest BCUT2D eigenvalue weighted by Crippen LogP contribution is 2.24. The summed E-state index contributed by atoms with van der Waals surface area (Å²) in [5.74, 6) is -0.586. The second-order valence-corrected chi connectivity index (χ2v) is 6.86. The molecule has 0 spiro atoms. The Labute approximate surface area is 114 Å². The second kappa shape index (κ2) is 5.24. The van der Waals surface area contributed by atoms with Gasteiger partial charge in [0.2, 0.25) is 10.0 Å². The number of nitrogens with zero attached hydrogens (tertiary/aromatic N) is 1. The topological polar surface area (TPSA) is 46.6 Å². The van der Waals surface area contributed by atoms with Crippen LogP contribution in [0.3, 0.4) is 0 Å². The summed E-state index contributed by atoms with van der Waals surface area (Å²) in [7, 11) is -3.66. The third-order valence-electron chi connectivity index (χ3n) is 2.80. The van der Waals surface area contributed by atoms with Crippen LogP contribution >= 0.6 is 15.9 Å². The van der Waals surface area contributed by atoms with Gasteiger partial charge in [-0.25, -0.2) is 12.8 Å². The lowest BCUT2D eigenvalue weighted by molar-refractivity contribution is 0.0392. The average Bonchev–Trinajstić information content (AvgIpc) is 2.33. The molecule has 0 bridgehead atoms. The van der Waals surface area contributed by atoms with Gasteiger partial charge in [0.05, 0.1) is 22.6 Å². The summed E-state index contributed by atoms with van der Waals surface area (Å²) in [5, 5.41) is 0. The van der Waals surface area contributed by atoms with Crippen LogP contribution in [-0.2, 0) is 14.8 Å². The van der Waals surface area contributed by atoms with Crippen LogP contribution in [0.4, 0.5) is 4.39 Å². The summed E-state index contributed by atoms with van der Waals surface area (Å²) in [6.07, 6.45) is 0. The summed E-state index contributed by atoms with van der Waals surface area (Å²) in [5.41, 5.74) is 0. The molecule has 1 fully saturated rings. The van der Waals surface area contributed by atoms with E-state index in [9.17, 15) is 12.8 Å². The van der Waals surface area contributed by atoms with Gasteiger partial charge in [-0.3, -0.25) is 0 Å². The Morgan fingerprint density at radius 3 is 2.83 bits per heavy atom. The van der Waals surface area contributed by atoms with Crippen molar-refractivity contribution in [2.24, 2.45) is 0 Å². The Kier molecular flexibility index (Phi) is 4.05. The zero-order chi connectivity index (χ0) is 13.3. The predicted molar refractivity (Wildman–Crippen MR) is 68.3 cm³/mol. The van der Waals surface area contributed by atoms with Crippen LogP contribution in [0.25, 0.3) is 0 Å². The van der Waals surface area contributed by atoms with Gasteiger partial charge >= 0.3 is 0 Å². The van der Waals surface area contributed by atoms with Crippen molar-refractivity contribution in [2.45, 2.75) is 17.9 Å². The SMILES string of the molecule is CC1COCCN1S(=O)(=O)c1ccc(Br)c(F)c1. The van der Waals surface area contributed by atoms with Crippen molar-refractivity contribution in [3.8, 4) is 0 Å². The molecular formula is C11H13BrFNO3S. The molecule has 1 unspecified atom stereocenters. The molecule has 18 heavy (non-hydrogen) atoms. The van der Waals surface area contributed by atoms with E-state index in [0.717, 1.165) is 6.07 Å². The fourth-order valence-electron chi connectivity index (χ4n) is 1.84. The highest BCUT2D eigenvalue weighted by atomic mass is 79.9. The molecule has 0 N–H and O–H groups in total. The lowest BCUT2D eigenvalue weighted by atomic mass is 10.3. The summed E-state index contributed by atoms with van der Waals surface area (Å²) in [4.78, 5) is -0.0306. The van der Waals surface area contributed by atoms with Crippen LogP contribution in [0.15, 0.2) is 27.6 Å². The van der Waals surface area contributed by atoms with Crippen molar-refractivity contribution >= 4 is 26.0 Å². The number of halogens is 2. The first-order valence-corrected chi connectivity index (χ1v) is 7.71. The molecule has 0 amide bonds. The molecule has 0 aromatic heterocycles. The monoisotopic (exact) mass is 337 g/mol. The minimum Gasteiger partial charge on any atom is -0.378 e. The van der Waals surface area contributed by atoms with E-state index in [1.54, 1.807) is 6.92 Å². The Hall–Kier alpha value is -0.500. The molecule has 1 aliphatic rings. The van der Waals surface area contributed by atoms with Crippen molar-refractivity contribution in [3.05, 3.63) is 28.5 Å². The van der Waals surface area contributed by atoms with Gasteiger partial charge in [-0.05, 0) is 41.1 Å². The minimum atomic E-state index is -3.66. The molecule has 1 aliphatic heterocycles. The van der Waals surface area contributed by atoms with Gasteiger partial charge in [0.1, 0.15) is 5.82 Å². The first-order valence-electron chi connectivity index (χ1n) is 5.47. The first kappa shape index (κ1) is 13.9. The van der Waals surface area contributed by atoms with E-state index in [2.05, 4.69) is 15.9 Å². The third-order valence-corrected chi connectivity index (χ3v) is 5.46. The Morgan fingerprint density at radius 1 is 1.50 bits per heavy atom. The van der Waals surface area contributed by atoms with Crippen LogP contribution in [0, 0.1) is 5.82 Å². The van der Waals surface area contributed by atoms with Crippen molar-refractivity contribution in [2.75, 3.05) is 19.8 Å². The van der Waals surface area contributed by atoms with Gasteiger partial charge in [-0.1, -0.05) is 0 Å². The number of benzene rings is 1. The Morgan fingerprint density at radius 2 is 2.22 bits per heavy atom. The lowest BCUT2D eigenvalue weighted by Gasteiger charge is -2.32.